The molecule has 0 saturated heterocycles. The molecule has 8 nitrogen and oxygen atoms in total. The number of nitrogens with one attached hydrogen (secondary N) is 1. The van der Waals surface area contributed by atoms with Crippen molar-refractivity contribution in [3.05, 3.63) is 90.3 Å². The van der Waals surface area contributed by atoms with E-state index in [4.69, 9.17) is 14.7 Å². The van der Waals surface area contributed by atoms with E-state index in [0.717, 1.165) is 5.69 Å². The molecule has 1 unspecified atom stereocenters. The van der Waals surface area contributed by atoms with Crippen LogP contribution in [0.5, 0.6) is 11.5 Å². The molecule has 0 saturated carbocycles. The highest BCUT2D eigenvalue weighted by atomic mass is 32.2. The first-order chi connectivity index (χ1) is 17.1. The van der Waals surface area contributed by atoms with Gasteiger partial charge in [-0.15, -0.1) is 10.2 Å². The van der Waals surface area contributed by atoms with E-state index in [-0.39, 0.29) is 11.7 Å². The van der Waals surface area contributed by atoms with Crippen molar-refractivity contribution in [3.63, 3.8) is 0 Å². The van der Waals surface area contributed by atoms with Crippen LogP contribution in [-0.4, -0.2) is 33.5 Å². The molecule has 9 heteroatoms. The van der Waals surface area contributed by atoms with Crippen molar-refractivity contribution in [1.82, 2.24) is 14.8 Å². The molecule has 0 radical (unpaired) electrons. The molecule has 3 aromatic carbocycles. The summed E-state index contributed by atoms with van der Waals surface area (Å²) >= 11 is 1.28. The lowest BCUT2D eigenvalue weighted by molar-refractivity contribution is -0.113. The molecule has 0 bridgehead atoms. The Kier molecular flexibility index (Phi) is 7.65. The monoisotopic (exact) mass is 485 g/mol. The number of carbonyl (C=O) groups excluding carboxylic acids is 1. The normalized spacial score (nSPS) is 11.3. The Bertz CT molecular complexity index is 1330. The maximum Gasteiger partial charge on any atom is 0.234 e. The van der Waals surface area contributed by atoms with E-state index in [9.17, 15) is 4.79 Å². The summed E-state index contributed by atoms with van der Waals surface area (Å²) in [4.78, 5) is 12.5. The average molecular weight is 486 g/mol. The third kappa shape index (κ3) is 5.99. The van der Waals surface area contributed by atoms with Crippen molar-refractivity contribution in [2.75, 3.05) is 18.2 Å². The van der Waals surface area contributed by atoms with Crippen LogP contribution in [0.4, 0.5) is 5.69 Å². The Balaban J connectivity index is 1.52. The number of methoxy groups -OCH3 is 1. The molecule has 0 spiro atoms. The minimum absolute atomic E-state index is 0.135. The molecule has 4 aromatic rings. The molecular weight excluding hydrogens is 462 g/mol. The summed E-state index contributed by atoms with van der Waals surface area (Å²) in [5, 5.41) is 21.1. The number of thioether (sulfide) groups is 1. The van der Waals surface area contributed by atoms with Crippen LogP contribution < -0.4 is 14.8 Å². The van der Waals surface area contributed by atoms with Gasteiger partial charge < -0.3 is 14.8 Å². The van der Waals surface area contributed by atoms with Gasteiger partial charge in [-0.2, -0.15) is 5.26 Å². The highest BCUT2D eigenvalue weighted by molar-refractivity contribution is 7.99. The van der Waals surface area contributed by atoms with Crippen molar-refractivity contribution < 1.29 is 14.3 Å². The number of anilines is 1. The fraction of sp³-hybridized carbons (Fsp3) is 0.154. The molecule has 0 aliphatic carbocycles. The van der Waals surface area contributed by atoms with E-state index in [1.807, 2.05) is 66.1 Å². The van der Waals surface area contributed by atoms with Crippen molar-refractivity contribution in [2.45, 2.75) is 18.2 Å². The number of nitrogens with zero attached hydrogens (tertiary/aromatic N) is 4. The molecule has 0 aliphatic rings. The molecular formula is C26H23N5O3S. The van der Waals surface area contributed by atoms with Gasteiger partial charge in [0.05, 0.1) is 24.5 Å². The van der Waals surface area contributed by atoms with Gasteiger partial charge in [-0.05, 0) is 55.5 Å². The predicted octanol–water partition coefficient (Wildman–Crippen LogP) is 5.02. The van der Waals surface area contributed by atoms with Crippen LogP contribution in [0.1, 0.15) is 24.4 Å². The van der Waals surface area contributed by atoms with E-state index >= 15 is 0 Å². The van der Waals surface area contributed by atoms with Crippen LogP contribution in [0, 0.1) is 11.3 Å². The van der Waals surface area contributed by atoms with Crippen LogP contribution in [0.25, 0.3) is 5.69 Å². The van der Waals surface area contributed by atoms with Crippen LogP contribution in [0.15, 0.2) is 84.0 Å². The lowest BCUT2D eigenvalue weighted by atomic mass is 10.2. The third-order valence-electron chi connectivity index (χ3n) is 5.02. The average Bonchev–Trinajstić information content (AvgIpc) is 3.33. The summed E-state index contributed by atoms with van der Waals surface area (Å²) < 4.78 is 13.3. The van der Waals surface area contributed by atoms with Crippen molar-refractivity contribution in [3.8, 4) is 23.3 Å². The molecule has 1 N–H and O–H groups in total. The van der Waals surface area contributed by atoms with Crippen LogP contribution >= 0.6 is 11.8 Å². The second-order valence-electron chi connectivity index (χ2n) is 7.48. The molecule has 4 rings (SSSR count). The summed E-state index contributed by atoms with van der Waals surface area (Å²) in [5.41, 5.74) is 2.02. The Labute approximate surface area is 207 Å². The van der Waals surface area contributed by atoms with Gasteiger partial charge in [0.1, 0.15) is 11.5 Å². The van der Waals surface area contributed by atoms with Crippen LogP contribution in [0.2, 0.25) is 0 Å². The quantitative estimate of drug-likeness (QED) is 0.332. The highest BCUT2D eigenvalue weighted by Gasteiger charge is 2.22. The summed E-state index contributed by atoms with van der Waals surface area (Å²) in [7, 11) is 1.61. The number of nitriles is 1. The summed E-state index contributed by atoms with van der Waals surface area (Å²) in [6.07, 6.45) is -0.420. The molecule has 1 heterocycles. The van der Waals surface area contributed by atoms with E-state index in [1.54, 1.807) is 31.4 Å². The first-order valence-corrected chi connectivity index (χ1v) is 11.8. The lowest BCUT2D eigenvalue weighted by Crippen LogP contribution is -2.15. The molecule has 1 amide bonds. The van der Waals surface area contributed by atoms with E-state index in [2.05, 4.69) is 21.6 Å². The maximum atomic E-state index is 12.5. The van der Waals surface area contributed by atoms with Crippen molar-refractivity contribution in [2.24, 2.45) is 0 Å². The van der Waals surface area contributed by atoms with Gasteiger partial charge in [0.15, 0.2) is 17.1 Å². The zero-order chi connectivity index (χ0) is 24.6. The van der Waals surface area contributed by atoms with Gasteiger partial charge in [-0.25, -0.2) is 0 Å². The topological polar surface area (TPSA) is 102 Å². The van der Waals surface area contributed by atoms with Gasteiger partial charge >= 0.3 is 0 Å². The first kappa shape index (κ1) is 23.9. The number of rotatable bonds is 9. The van der Waals surface area contributed by atoms with Crippen LogP contribution in [-0.2, 0) is 4.79 Å². The summed E-state index contributed by atoms with van der Waals surface area (Å²) in [6, 6.07) is 25.8. The Morgan fingerprint density at radius 2 is 1.80 bits per heavy atom. The molecule has 1 atom stereocenters. The second-order valence-corrected chi connectivity index (χ2v) is 8.42. The standard InChI is InChI=1S/C26H23N5O3S/c1-18(34-23-10-6-9-22(15-23)33-2)25-29-30-26(31(25)21-7-4-3-5-8-21)35-17-24(32)28-20-13-11-19(16-27)12-14-20/h3-15,18H,17H2,1-2H3,(H,28,32). The van der Waals surface area contributed by atoms with E-state index < -0.39 is 6.10 Å². The Morgan fingerprint density at radius 1 is 1.06 bits per heavy atom. The van der Waals surface area contributed by atoms with Gasteiger partial charge in [-0.1, -0.05) is 36.0 Å². The van der Waals surface area contributed by atoms with Crippen molar-refractivity contribution in [1.29, 1.82) is 5.26 Å². The lowest BCUT2D eigenvalue weighted by Gasteiger charge is -2.17. The fourth-order valence-corrected chi connectivity index (χ4v) is 4.10. The number of hydrogen-bond acceptors (Lipinski definition) is 7. The minimum Gasteiger partial charge on any atom is -0.497 e. The number of para-hydroxylation sites is 1. The molecule has 1 aromatic heterocycles. The van der Waals surface area contributed by atoms with Gasteiger partial charge in [0, 0.05) is 17.4 Å². The Hall–Kier alpha value is -4.29. The second kappa shape index (κ2) is 11.2. The number of hydrogen-bond donors (Lipinski definition) is 1. The number of aromatic nitrogens is 3. The molecule has 35 heavy (non-hydrogen) atoms. The largest absolute Gasteiger partial charge is 0.497 e. The minimum atomic E-state index is -0.420. The zero-order valence-corrected chi connectivity index (χ0v) is 20.0. The fourth-order valence-electron chi connectivity index (χ4n) is 3.34. The number of amides is 1. The zero-order valence-electron chi connectivity index (χ0n) is 19.2. The maximum absolute atomic E-state index is 12.5. The SMILES string of the molecule is COc1cccc(OC(C)c2nnc(SCC(=O)Nc3ccc(C#N)cc3)n2-c2ccccc2)c1. The van der Waals surface area contributed by atoms with Gasteiger partial charge in [-0.3, -0.25) is 9.36 Å². The number of ether oxygens (including phenoxy) is 2. The molecule has 0 aliphatic heterocycles. The van der Waals surface area contributed by atoms with Crippen molar-refractivity contribution >= 4 is 23.4 Å². The number of carbonyl (C=O) groups is 1. The third-order valence-corrected chi connectivity index (χ3v) is 5.95. The van der Waals surface area contributed by atoms with E-state index in [0.29, 0.717) is 33.7 Å². The predicted molar refractivity (Wildman–Crippen MR) is 134 cm³/mol. The number of benzene rings is 3. The molecule has 0 fully saturated rings. The van der Waals surface area contributed by atoms with E-state index in [1.165, 1.54) is 11.8 Å². The Morgan fingerprint density at radius 3 is 2.51 bits per heavy atom. The summed E-state index contributed by atoms with van der Waals surface area (Å²) in [5.74, 6) is 1.90. The van der Waals surface area contributed by atoms with Gasteiger partial charge in [0.2, 0.25) is 5.91 Å². The first-order valence-electron chi connectivity index (χ1n) is 10.8. The highest BCUT2D eigenvalue weighted by Crippen LogP contribution is 2.29. The smallest absolute Gasteiger partial charge is 0.234 e. The molecule has 176 valence electrons. The summed E-state index contributed by atoms with van der Waals surface area (Å²) in [6.45, 7) is 1.90. The van der Waals surface area contributed by atoms with Gasteiger partial charge in [0.25, 0.3) is 0 Å². The van der Waals surface area contributed by atoms with Crippen LogP contribution in [0.3, 0.4) is 0 Å².